The molecule has 0 aliphatic carbocycles. The first kappa shape index (κ1) is 43.4. The van der Waals surface area contributed by atoms with Crippen LogP contribution >= 0.6 is 39.1 Å². The summed E-state index contributed by atoms with van der Waals surface area (Å²) in [5.74, 6) is -0.718. The maximum absolute atomic E-state index is 15.8. The Hall–Kier alpha value is -3.21. The third-order valence-corrected chi connectivity index (χ3v) is 21.0. The topological polar surface area (TPSA) is 148 Å². The number of nitro groups is 1. The first-order valence-corrected chi connectivity index (χ1v) is 24.1. The Kier molecular flexibility index (Phi) is 11.5. The Labute approximate surface area is 354 Å². The third kappa shape index (κ3) is 6.77. The molecule has 308 valence electrons. The lowest BCUT2D eigenvalue weighted by Gasteiger charge is -2.56. The van der Waals surface area contributed by atoms with Crippen LogP contribution in [0.25, 0.3) is 0 Å². The molecule has 1 spiro atoms. The molecule has 0 radical (unpaired) electrons. The minimum absolute atomic E-state index is 0.0116. The number of hydrogen-bond donors (Lipinski definition) is 1. The zero-order chi connectivity index (χ0) is 42.2. The number of carbonyl (C=O) groups is 2. The lowest BCUT2D eigenvalue weighted by molar-refractivity contribution is -0.384. The number of nitrogens with zero attached hydrogens (tertiary/aromatic N) is 3. The number of nitro benzene ring substituents is 1. The first-order valence-electron chi connectivity index (χ1n) is 19.0. The van der Waals surface area contributed by atoms with Crippen LogP contribution in [0, 0.1) is 10.1 Å². The quantitative estimate of drug-likeness (QED) is 0.119. The summed E-state index contributed by atoms with van der Waals surface area (Å²) in [4.78, 5) is 42.5. The van der Waals surface area contributed by atoms with Crippen LogP contribution in [-0.4, -0.2) is 62.9 Å². The summed E-state index contributed by atoms with van der Waals surface area (Å²) in [7, 11) is -7.06. The fourth-order valence-corrected chi connectivity index (χ4v) is 17.8. The average molecular weight is 925 g/mol. The van der Waals surface area contributed by atoms with Crippen molar-refractivity contribution >= 4 is 86.5 Å². The maximum atomic E-state index is 15.8. The van der Waals surface area contributed by atoms with Gasteiger partial charge < -0.3 is 14.5 Å². The van der Waals surface area contributed by atoms with Crippen molar-refractivity contribution in [2.45, 2.75) is 119 Å². The van der Waals surface area contributed by atoms with Crippen LogP contribution in [0.3, 0.4) is 0 Å². The van der Waals surface area contributed by atoms with Gasteiger partial charge in [-0.25, -0.2) is 17.5 Å². The Morgan fingerprint density at radius 2 is 1.63 bits per heavy atom. The molecular formula is C40H49BrCl2N4O8SSi. The third-order valence-electron chi connectivity index (χ3n) is 12.0. The molecule has 2 amide bonds. The molecular weight excluding hydrogens is 875 g/mol. The highest BCUT2D eigenvalue weighted by Crippen LogP contribution is 2.66. The summed E-state index contributed by atoms with van der Waals surface area (Å²) in [5, 5.41) is 15.5. The van der Waals surface area contributed by atoms with Gasteiger partial charge in [0.05, 0.1) is 37.0 Å². The molecule has 0 aromatic heterocycles. The minimum atomic E-state index is -4.55. The lowest BCUT2D eigenvalue weighted by atomic mass is 9.52. The zero-order valence-corrected chi connectivity index (χ0v) is 38.4. The number of anilines is 2. The van der Waals surface area contributed by atoms with Crippen LogP contribution < -0.4 is 10.2 Å². The van der Waals surface area contributed by atoms with E-state index in [9.17, 15) is 23.3 Å². The molecule has 57 heavy (non-hydrogen) atoms. The largest absolute Gasteiger partial charge is 0.443 e. The number of amides is 2. The average Bonchev–Trinajstić information content (AvgIpc) is 3.62. The van der Waals surface area contributed by atoms with E-state index in [1.165, 1.54) is 4.90 Å². The molecule has 3 aromatic rings. The standard InChI is InChI=1S/C40H49BrCl2N4O8SSi/c1-23(2)57(24(3)4,25(5)6)54-19-17-39-31-21-27(42)22-32(43)34(31)44-35(39)46(37(49)55-38(7,8)9)33-20-26(41)10-15-30(33)40(39)16-18-45(36(40)48)56(52,53)29-13-11-28(12-14-29)47(50)51/h10-15,20-25,35,44H,16-19H2,1-9H3/t35-,39-,40+/m0/s1. The number of nitrogens with one attached hydrogen (secondary N) is 1. The number of non-ortho nitro benzene ring substituents is 1. The van der Waals surface area contributed by atoms with Crippen LogP contribution in [-0.2, 0) is 34.8 Å². The fourth-order valence-electron chi connectivity index (χ4n) is 10.0. The summed E-state index contributed by atoms with van der Waals surface area (Å²) < 4.78 is 43.8. The van der Waals surface area contributed by atoms with Crippen LogP contribution in [0.2, 0.25) is 26.7 Å². The second-order valence-electron chi connectivity index (χ2n) is 17.0. The van der Waals surface area contributed by atoms with Crippen molar-refractivity contribution in [3.63, 3.8) is 0 Å². The Balaban J connectivity index is 1.66. The van der Waals surface area contributed by atoms with E-state index < -0.39 is 57.9 Å². The first-order chi connectivity index (χ1) is 26.5. The highest BCUT2D eigenvalue weighted by atomic mass is 79.9. The van der Waals surface area contributed by atoms with Gasteiger partial charge in [-0.3, -0.25) is 19.8 Å². The molecule has 1 N–H and O–H groups in total. The predicted molar refractivity (Wildman–Crippen MR) is 228 cm³/mol. The highest BCUT2D eigenvalue weighted by Gasteiger charge is 2.73. The van der Waals surface area contributed by atoms with Gasteiger partial charge in [0.2, 0.25) is 5.91 Å². The molecule has 3 aliphatic rings. The fraction of sp³-hybridized carbons (Fsp3) is 0.500. The molecule has 3 atom stereocenters. The monoisotopic (exact) mass is 922 g/mol. The second-order valence-corrected chi connectivity index (χ2v) is 26.1. The van der Waals surface area contributed by atoms with E-state index in [1.807, 2.05) is 0 Å². The van der Waals surface area contributed by atoms with Gasteiger partial charge in [-0.2, -0.15) is 0 Å². The molecule has 3 heterocycles. The molecule has 1 fully saturated rings. The van der Waals surface area contributed by atoms with Gasteiger partial charge in [-0.15, -0.1) is 0 Å². The molecule has 6 rings (SSSR count). The minimum Gasteiger partial charge on any atom is -0.443 e. The van der Waals surface area contributed by atoms with Crippen LogP contribution in [0.15, 0.2) is 64.0 Å². The molecule has 0 saturated carbocycles. The SMILES string of the molecule is CC(C)[Si](OCC[C@]12c3cc(Cl)cc(Cl)c3N[C@H]1N(C(=O)OC(C)(C)C)c1cc(Br)ccc1[C@@]21CCN(S(=O)(=O)c2ccc([N+](=O)[O-])cc2)C1=O)(C(C)C)C(C)C. The summed E-state index contributed by atoms with van der Waals surface area (Å²) in [6.45, 7) is 18.3. The molecule has 12 nitrogen and oxygen atoms in total. The number of sulfonamides is 1. The summed E-state index contributed by atoms with van der Waals surface area (Å²) in [6, 6.07) is 13.0. The van der Waals surface area contributed by atoms with Gasteiger partial charge in [-0.1, -0.05) is 86.7 Å². The van der Waals surface area contributed by atoms with E-state index in [0.717, 1.165) is 28.6 Å². The Bertz CT molecular complexity index is 2210. The van der Waals surface area contributed by atoms with E-state index in [1.54, 1.807) is 51.1 Å². The van der Waals surface area contributed by atoms with Crippen LogP contribution in [0.1, 0.15) is 86.3 Å². The molecule has 3 aromatic carbocycles. The van der Waals surface area contributed by atoms with Crippen molar-refractivity contribution in [1.82, 2.24) is 4.31 Å². The van der Waals surface area contributed by atoms with Crippen molar-refractivity contribution in [2.24, 2.45) is 0 Å². The Morgan fingerprint density at radius 3 is 2.19 bits per heavy atom. The van der Waals surface area contributed by atoms with Crippen molar-refractivity contribution < 1.29 is 32.1 Å². The van der Waals surface area contributed by atoms with Crippen molar-refractivity contribution in [3.8, 4) is 0 Å². The molecule has 3 aliphatic heterocycles. The van der Waals surface area contributed by atoms with Gasteiger partial charge in [-0.05, 0) is 97.8 Å². The number of halogens is 3. The van der Waals surface area contributed by atoms with Crippen molar-refractivity contribution in [3.05, 3.63) is 90.4 Å². The van der Waals surface area contributed by atoms with Gasteiger partial charge >= 0.3 is 6.09 Å². The summed E-state index contributed by atoms with van der Waals surface area (Å²) >= 11 is 17.4. The summed E-state index contributed by atoms with van der Waals surface area (Å²) in [5.41, 5.74) is -1.82. The van der Waals surface area contributed by atoms with Gasteiger partial charge in [0.25, 0.3) is 15.7 Å². The normalized spacial score (nSPS) is 21.9. The summed E-state index contributed by atoms with van der Waals surface area (Å²) in [6.07, 6.45) is -1.56. The zero-order valence-electron chi connectivity index (χ0n) is 33.5. The number of carbonyl (C=O) groups excluding carboxylic acids is 2. The Morgan fingerprint density at radius 1 is 1.02 bits per heavy atom. The van der Waals surface area contributed by atoms with Crippen molar-refractivity contribution in [2.75, 3.05) is 23.4 Å². The van der Waals surface area contributed by atoms with Crippen LogP contribution in [0.5, 0.6) is 0 Å². The lowest BCUT2D eigenvalue weighted by Crippen LogP contribution is -2.69. The van der Waals surface area contributed by atoms with Crippen LogP contribution in [0.4, 0.5) is 21.9 Å². The second kappa shape index (κ2) is 15.1. The highest BCUT2D eigenvalue weighted by molar-refractivity contribution is 9.10. The molecule has 0 unspecified atom stereocenters. The maximum Gasteiger partial charge on any atom is 0.416 e. The molecule has 17 heteroatoms. The van der Waals surface area contributed by atoms with E-state index >= 15 is 4.79 Å². The van der Waals surface area contributed by atoms with Gasteiger partial charge in [0, 0.05) is 34.8 Å². The number of ether oxygens (including phenoxy) is 1. The van der Waals surface area contributed by atoms with E-state index in [2.05, 4.69) is 62.8 Å². The van der Waals surface area contributed by atoms with Crippen molar-refractivity contribution in [1.29, 1.82) is 0 Å². The number of benzene rings is 3. The van der Waals surface area contributed by atoms with Gasteiger partial charge in [0.1, 0.15) is 11.8 Å². The smallest absolute Gasteiger partial charge is 0.416 e. The number of rotatable bonds is 10. The van der Waals surface area contributed by atoms with Gasteiger partial charge in [0.15, 0.2) is 8.32 Å². The van der Waals surface area contributed by atoms with E-state index in [0.29, 0.717) is 27.0 Å². The molecule has 1 saturated heterocycles. The predicted octanol–water partition coefficient (Wildman–Crippen LogP) is 10.5. The molecule has 0 bridgehead atoms. The van der Waals surface area contributed by atoms with E-state index in [4.69, 9.17) is 32.4 Å². The number of hydrogen-bond acceptors (Lipinski definition) is 9. The number of fused-ring (bicyclic) bond motifs is 6. The van der Waals surface area contributed by atoms with E-state index in [-0.39, 0.29) is 63.2 Å².